The maximum absolute atomic E-state index is 12.6. The summed E-state index contributed by atoms with van der Waals surface area (Å²) in [6.07, 6.45) is 7.71. The number of carbonyl (C=O) groups is 1. The minimum Gasteiger partial charge on any atom is -0.351 e. The lowest BCUT2D eigenvalue weighted by Crippen LogP contribution is -2.38. The number of hydrogen-bond acceptors (Lipinski definition) is 6. The quantitative estimate of drug-likeness (QED) is 0.838. The molecule has 0 spiro atoms. The van der Waals surface area contributed by atoms with Crippen molar-refractivity contribution in [3.8, 4) is 0 Å². The molecule has 138 valence electrons. The van der Waals surface area contributed by atoms with Crippen molar-refractivity contribution in [1.29, 1.82) is 0 Å². The van der Waals surface area contributed by atoms with Gasteiger partial charge in [-0.05, 0) is 43.6 Å². The van der Waals surface area contributed by atoms with Crippen molar-refractivity contribution in [2.24, 2.45) is 11.8 Å². The number of anilines is 1. The Labute approximate surface area is 153 Å². The van der Waals surface area contributed by atoms with Crippen molar-refractivity contribution in [2.45, 2.75) is 32.6 Å². The summed E-state index contributed by atoms with van der Waals surface area (Å²) in [7, 11) is 0. The molecule has 2 saturated heterocycles. The van der Waals surface area contributed by atoms with E-state index in [1.165, 1.54) is 0 Å². The molecule has 7 heteroatoms. The molecule has 1 atom stereocenters. The van der Waals surface area contributed by atoms with Crippen LogP contribution < -0.4 is 4.90 Å². The van der Waals surface area contributed by atoms with Crippen molar-refractivity contribution in [2.75, 3.05) is 31.1 Å². The fourth-order valence-corrected chi connectivity index (χ4v) is 4.12. The molecule has 0 N–H and O–H groups in total. The summed E-state index contributed by atoms with van der Waals surface area (Å²) in [6.45, 7) is 5.62. The van der Waals surface area contributed by atoms with E-state index >= 15 is 0 Å². The Kier molecular flexibility index (Phi) is 4.86. The predicted molar refractivity (Wildman–Crippen MR) is 96.9 cm³/mol. The number of likely N-dealkylation sites (tertiary alicyclic amines) is 1. The molecule has 0 saturated carbocycles. The van der Waals surface area contributed by atoms with E-state index in [9.17, 15) is 4.79 Å². The maximum Gasteiger partial charge on any atom is 0.292 e. The van der Waals surface area contributed by atoms with Gasteiger partial charge in [0.25, 0.3) is 5.91 Å². The zero-order valence-electron chi connectivity index (χ0n) is 15.2. The third-order valence-electron chi connectivity index (χ3n) is 5.69. The standard InChI is InChI=1S/C19H25N5O2/c1-2-16-12-17(26-22-16)18(25)24-11-6-15(13-24)14-4-9-23(10-5-14)19-20-7-3-8-21-19/h3,7-8,12,14-15H,2,4-6,9-11,13H2,1H3. The Bertz CT molecular complexity index is 739. The van der Waals surface area contributed by atoms with Crippen LogP contribution in [0.5, 0.6) is 0 Å². The number of aromatic nitrogens is 3. The summed E-state index contributed by atoms with van der Waals surface area (Å²) in [5.41, 5.74) is 0.833. The van der Waals surface area contributed by atoms with Gasteiger partial charge in [0.05, 0.1) is 5.69 Å². The molecule has 2 fully saturated rings. The van der Waals surface area contributed by atoms with Crippen LogP contribution in [0.3, 0.4) is 0 Å². The van der Waals surface area contributed by atoms with Crippen LogP contribution in [-0.4, -0.2) is 52.1 Å². The smallest absolute Gasteiger partial charge is 0.292 e. The van der Waals surface area contributed by atoms with Crippen molar-refractivity contribution in [3.63, 3.8) is 0 Å². The molecule has 2 aromatic heterocycles. The molecule has 4 heterocycles. The van der Waals surface area contributed by atoms with E-state index in [4.69, 9.17) is 4.52 Å². The molecule has 1 unspecified atom stereocenters. The molecule has 2 aliphatic heterocycles. The van der Waals surface area contributed by atoms with Crippen molar-refractivity contribution in [1.82, 2.24) is 20.0 Å². The minimum absolute atomic E-state index is 0.0187. The number of amides is 1. The highest BCUT2D eigenvalue weighted by molar-refractivity contribution is 5.91. The van der Waals surface area contributed by atoms with E-state index in [-0.39, 0.29) is 5.91 Å². The topological polar surface area (TPSA) is 75.4 Å². The summed E-state index contributed by atoms with van der Waals surface area (Å²) in [5.74, 6) is 2.42. The Balaban J connectivity index is 1.31. The van der Waals surface area contributed by atoms with Crippen LogP contribution in [0.2, 0.25) is 0 Å². The van der Waals surface area contributed by atoms with Crippen molar-refractivity contribution < 1.29 is 9.32 Å². The summed E-state index contributed by atoms with van der Waals surface area (Å²) >= 11 is 0. The highest BCUT2D eigenvalue weighted by Crippen LogP contribution is 2.33. The van der Waals surface area contributed by atoms with Crippen LogP contribution in [0, 0.1) is 11.8 Å². The summed E-state index contributed by atoms with van der Waals surface area (Å²) < 4.78 is 5.21. The van der Waals surface area contributed by atoms with E-state index in [1.807, 2.05) is 17.9 Å². The van der Waals surface area contributed by atoms with E-state index in [1.54, 1.807) is 18.5 Å². The molecule has 0 aromatic carbocycles. The summed E-state index contributed by atoms with van der Waals surface area (Å²) in [6, 6.07) is 3.62. The largest absolute Gasteiger partial charge is 0.351 e. The van der Waals surface area contributed by atoms with Gasteiger partial charge in [-0.2, -0.15) is 0 Å². The molecule has 7 nitrogen and oxygen atoms in total. The molecule has 26 heavy (non-hydrogen) atoms. The third-order valence-corrected chi connectivity index (χ3v) is 5.69. The number of rotatable bonds is 4. The second kappa shape index (κ2) is 7.43. The van der Waals surface area contributed by atoms with Gasteiger partial charge in [0.2, 0.25) is 11.7 Å². The molecular formula is C19H25N5O2. The van der Waals surface area contributed by atoms with Crippen molar-refractivity contribution >= 4 is 11.9 Å². The van der Waals surface area contributed by atoms with Crippen molar-refractivity contribution in [3.05, 3.63) is 36.0 Å². The van der Waals surface area contributed by atoms with Gasteiger partial charge in [0, 0.05) is 44.6 Å². The third kappa shape index (κ3) is 3.43. The fraction of sp³-hybridized carbons (Fsp3) is 0.579. The molecule has 4 rings (SSSR count). The van der Waals surface area contributed by atoms with Gasteiger partial charge >= 0.3 is 0 Å². The molecule has 2 aromatic rings. The summed E-state index contributed by atoms with van der Waals surface area (Å²) in [5, 5.41) is 3.93. The molecule has 0 aliphatic carbocycles. The molecule has 0 radical (unpaired) electrons. The van der Waals surface area contributed by atoms with Crippen LogP contribution in [0.25, 0.3) is 0 Å². The van der Waals surface area contributed by atoms with E-state index in [0.717, 1.165) is 63.5 Å². The van der Waals surface area contributed by atoms with Gasteiger partial charge in [-0.1, -0.05) is 12.1 Å². The van der Waals surface area contributed by atoms with Crippen LogP contribution >= 0.6 is 0 Å². The highest BCUT2D eigenvalue weighted by Gasteiger charge is 2.35. The number of hydrogen-bond donors (Lipinski definition) is 0. The Hall–Kier alpha value is -2.44. The van der Waals surface area contributed by atoms with Gasteiger partial charge in [0.1, 0.15) is 0 Å². The Morgan fingerprint density at radius 3 is 2.58 bits per heavy atom. The first-order chi connectivity index (χ1) is 12.7. The SMILES string of the molecule is CCc1cc(C(=O)N2CCC(C3CCN(c4ncccn4)CC3)C2)on1. The van der Waals surface area contributed by atoms with E-state index in [0.29, 0.717) is 17.6 Å². The van der Waals surface area contributed by atoms with E-state index < -0.39 is 0 Å². The summed E-state index contributed by atoms with van der Waals surface area (Å²) in [4.78, 5) is 25.5. The average molecular weight is 355 g/mol. The number of aryl methyl sites for hydroxylation is 1. The maximum atomic E-state index is 12.6. The zero-order chi connectivity index (χ0) is 17.9. The van der Waals surface area contributed by atoms with Crippen LogP contribution in [-0.2, 0) is 6.42 Å². The number of carbonyl (C=O) groups excluding carboxylic acids is 1. The lowest BCUT2D eigenvalue weighted by molar-refractivity contribution is 0.0739. The molecule has 2 aliphatic rings. The van der Waals surface area contributed by atoms with Gasteiger partial charge in [-0.15, -0.1) is 0 Å². The number of piperidine rings is 1. The lowest BCUT2D eigenvalue weighted by Gasteiger charge is -2.34. The number of nitrogens with zero attached hydrogens (tertiary/aromatic N) is 5. The lowest BCUT2D eigenvalue weighted by atomic mass is 9.84. The van der Waals surface area contributed by atoms with Gasteiger partial charge in [-0.25, -0.2) is 9.97 Å². The van der Waals surface area contributed by atoms with E-state index in [2.05, 4.69) is 20.0 Å². The first kappa shape index (κ1) is 17.0. The predicted octanol–water partition coefficient (Wildman–Crippen LogP) is 2.41. The van der Waals surface area contributed by atoms with Crippen LogP contribution in [0.15, 0.2) is 29.0 Å². The van der Waals surface area contributed by atoms with Crippen LogP contribution in [0.1, 0.15) is 42.4 Å². The zero-order valence-corrected chi connectivity index (χ0v) is 15.2. The van der Waals surface area contributed by atoms with Crippen LogP contribution in [0.4, 0.5) is 5.95 Å². The first-order valence-corrected chi connectivity index (χ1v) is 9.51. The Morgan fingerprint density at radius 1 is 1.15 bits per heavy atom. The van der Waals surface area contributed by atoms with Gasteiger partial charge in [-0.3, -0.25) is 4.79 Å². The second-order valence-corrected chi connectivity index (χ2v) is 7.21. The first-order valence-electron chi connectivity index (χ1n) is 9.51. The average Bonchev–Trinajstić information content (AvgIpc) is 3.38. The normalized spacial score (nSPS) is 21.3. The molecule has 1 amide bonds. The molecule has 0 bridgehead atoms. The van der Waals surface area contributed by atoms with Gasteiger partial charge in [0.15, 0.2) is 0 Å². The Morgan fingerprint density at radius 2 is 1.88 bits per heavy atom. The second-order valence-electron chi connectivity index (χ2n) is 7.21. The fourth-order valence-electron chi connectivity index (χ4n) is 4.12. The monoisotopic (exact) mass is 355 g/mol. The highest BCUT2D eigenvalue weighted by atomic mass is 16.5. The molecular weight excluding hydrogens is 330 g/mol. The minimum atomic E-state index is -0.0187. The van der Waals surface area contributed by atoms with Gasteiger partial charge < -0.3 is 14.3 Å².